The first-order valence-corrected chi connectivity index (χ1v) is 4.27. The van der Waals surface area contributed by atoms with Crippen molar-refractivity contribution in [3.05, 3.63) is 22.9 Å². The maximum atomic E-state index is 9.00. The van der Waals surface area contributed by atoms with Crippen LogP contribution in [0.15, 0.2) is 0 Å². The molecule has 0 aliphatic carbocycles. The number of carboxylic acid groups (broad SMARTS) is 2. The Labute approximate surface area is 115 Å². The third-order valence-electron chi connectivity index (χ3n) is 0.250. The van der Waals surface area contributed by atoms with Crippen LogP contribution in [0.2, 0.25) is 0 Å². The summed E-state index contributed by atoms with van der Waals surface area (Å²) in [6.45, 7) is 3.11. The average molecular weight is 343 g/mol. The van der Waals surface area contributed by atoms with Gasteiger partial charge in [0.1, 0.15) is 0 Å². The molecule has 0 aromatic carbocycles. The van der Waals surface area contributed by atoms with E-state index >= 15 is 0 Å². The fourth-order valence-electron chi connectivity index (χ4n) is 0. The van der Waals surface area contributed by atoms with Crippen LogP contribution in [0.25, 0.3) is 22.9 Å². The molecule has 0 amide bonds. The minimum atomic E-state index is -0.833. The Balaban J connectivity index is -0.0000000369. The quantitative estimate of drug-likeness (QED) is 0.734. The molecule has 0 saturated carbocycles. The molecule has 0 aliphatic rings. The smallest absolute Gasteiger partial charge is 0.300 e. The SMILES string of the molecule is CC(=O)O.CC(=O)O.[NH-]CC[NH-].[NH-]CC[NH-].[Pd]. The maximum absolute atomic E-state index is 9.00. The van der Waals surface area contributed by atoms with Crippen molar-refractivity contribution < 1.29 is 40.2 Å². The molecule has 0 radical (unpaired) electrons. The summed E-state index contributed by atoms with van der Waals surface area (Å²) in [5.41, 5.74) is 25.1. The van der Waals surface area contributed by atoms with Gasteiger partial charge in [-0.15, -0.1) is 0 Å². The van der Waals surface area contributed by atoms with Crippen LogP contribution in [0.5, 0.6) is 0 Å². The Bertz CT molecular complexity index is 121. The van der Waals surface area contributed by atoms with Crippen LogP contribution in [-0.4, -0.2) is 48.3 Å². The van der Waals surface area contributed by atoms with Gasteiger partial charge in [-0.05, 0) is 0 Å². The van der Waals surface area contributed by atoms with Crippen LogP contribution >= 0.6 is 0 Å². The summed E-state index contributed by atoms with van der Waals surface area (Å²) < 4.78 is 0. The number of nitrogens with one attached hydrogen (secondary N) is 4. The largest absolute Gasteiger partial charge is 0.679 e. The molecule has 8 nitrogen and oxygen atoms in total. The van der Waals surface area contributed by atoms with E-state index in [4.69, 9.17) is 42.7 Å². The Hall–Kier alpha value is -0.558. The van der Waals surface area contributed by atoms with Crippen molar-refractivity contribution in [1.82, 2.24) is 0 Å². The predicted octanol–water partition coefficient (Wildman–Crippen LogP) is 2.36. The molecule has 0 bridgehead atoms. The summed E-state index contributed by atoms with van der Waals surface area (Å²) >= 11 is 0. The van der Waals surface area contributed by atoms with E-state index in [1.54, 1.807) is 0 Å². The Kier molecular flexibility index (Phi) is 63.6. The topological polar surface area (TPSA) is 170 Å². The number of hydrogen-bond acceptors (Lipinski definition) is 2. The Morgan fingerprint density at radius 2 is 0.824 bits per heavy atom. The second-order valence-electron chi connectivity index (χ2n) is 2.04. The van der Waals surface area contributed by atoms with Crippen molar-refractivity contribution in [2.75, 3.05) is 26.2 Å². The van der Waals surface area contributed by atoms with Gasteiger partial charge in [-0.3, -0.25) is 9.59 Å². The van der Waals surface area contributed by atoms with Gasteiger partial charge in [0.15, 0.2) is 0 Å². The molecule has 0 rings (SSSR count). The molecule has 0 unspecified atom stereocenters. The third kappa shape index (κ3) is 1340. The fraction of sp³-hybridized carbons (Fsp3) is 0.750. The van der Waals surface area contributed by atoms with E-state index < -0.39 is 11.9 Å². The molecule has 0 atom stereocenters. The van der Waals surface area contributed by atoms with E-state index in [1.807, 2.05) is 0 Å². The second-order valence-corrected chi connectivity index (χ2v) is 2.04. The minimum Gasteiger partial charge on any atom is -0.679 e. The molecule has 110 valence electrons. The van der Waals surface area contributed by atoms with Gasteiger partial charge in [-0.1, -0.05) is 0 Å². The van der Waals surface area contributed by atoms with Crippen molar-refractivity contribution in [2.24, 2.45) is 0 Å². The zero-order chi connectivity index (χ0) is 14.0. The number of hydrogen-bond donors (Lipinski definition) is 2. The molecule has 9 heteroatoms. The minimum absolute atomic E-state index is 0. The number of carboxylic acids is 2. The van der Waals surface area contributed by atoms with Crippen LogP contribution in [0.3, 0.4) is 0 Å². The van der Waals surface area contributed by atoms with Gasteiger partial charge < -0.3 is 33.1 Å². The van der Waals surface area contributed by atoms with E-state index in [9.17, 15) is 0 Å². The van der Waals surface area contributed by atoms with Crippen molar-refractivity contribution >= 4 is 11.9 Å². The van der Waals surface area contributed by atoms with E-state index in [0.717, 1.165) is 13.8 Å². The van der Waals surface area contributed by atoms with Gasteiger partial charge in [-0.25, -0.2) is 0 Å². The monoisotopic (exact) mass is 342 g/mol. The van der Waals surface area contributed by atoms with Gasteiger partial charge in [-0.2, -0.15) is 26.2 Å². The Morgan fingerprint density at radius 3 is 0.824 bits per heavy atom. The standard InChI is InChI=1S/2C2H6N2.2C2H4O2.Pd/c2*3-1-2-4;2*1-2(3)4;/h2*3-4H,1-2H2;2*1H3,(H,3,4);/q2*-2;;;. The van der Waals surface area contributed by atoms with Gasteiger partial charge in [0, 0.05) is 34.3 Å². The summed E-state index contributed by atoms with van der Waals surface area (Å²) in [5, 5.41) is 14.8. The van der Waals surface area contributed by atoms with E-state index in [2.05, 4.69) is 0 Å². The van der Waals surface area contributed by atoms with Crippen LogP contribution in [0.1, 0.15) is 13.8 Å². The van der Waals surface area contributed by atoms with Gasteiger partial charge in [0.25, 0.3) is 11.9 Å². The molecule has 0 fully saturated rings. The summed E-state index contributed by atoms with van der Waals surface area (Å²) in [7, 11) is 0. The summed E-state index contributed by atoms with van der Waals surface area (Å²) in [4.78, 5) is 18.0. The predicted molar refractivity (Wildman–Crippen MR) is 63.4 cm³/mol. The van der Waals surface area contributed by atoms with Crippen LogP contribution in [0, 0.1) is 0 Å². The van der Waals surface area contributed by atoms with Gasteiger partial charge >= 0.3 is 0 Å². The number of carbonyl (C=O) groups is 2. The molecule has 0 aliphatic heterocycles. The third-order valence-corrected chi connectivity index (χ3v) is 0.250. The number of aliphatic carboxylic acids is 2. The zero-order valence-corrected chi connectivity index (χ0v) is 11.4. The zero-order valence-electron chi connectivity index (χ0n) is 9.86. The van der Waals surface area contributed by atoms with Gasteiger partial charge in [0.2, 0.25) is 0 Å². The second kappa shape index (κ2) is 36.1. The molecule has 0 aromatic heterocycles. The van der Waals surface area contributed by atoms with Crippen LogP contribution in [-0.2, 0) is 30.0 Å². The average Bonchev–Trinajstić information content (AvgIpc) is 2.16. The first kappa shape index (κ1) is 29.9. The van der Waals surface area contributed by atoms with Crippen LogP contribution < -0.4 is 0 Å². The molecule has 0 spiro atoms. The van der Waals surface area contributed by atoms with E-state index in [0.29, 0.717) is 0 Å². The fourth-order valence-corrected chi connectivity index (χ4v) is 0. The molecule has 0 saturated heterocycles. The normalized spacial score (nSPS) is 6.47. The summed E-state index contributed by atoms with van der Waals surface area (Å²) in [6.07, 6.45) is 0. The molecule has 0 heterocycles. The molecular weight excluding hydrogens is 323 g/mol. The van der Waals surface area contributed by atoms with Crippen molar-refractivity contribution in [3.63, 3.8) is 0 Å². The molecule has 0 aromatic rings. The van der Waals surface area contributed by atoms with Crippen molar-refractivity contribution in [3.8, 4) is 0 Å². The maximum Gasteiger partial charge on any atom is 0.300 e. The first-order valence-electron chi connectivity index (χ1n) is 4.27. The van der Waals surface area contributed by atoms with E-state index in [1.165, 1.54) is 0 Å². The summed E-state index contributed by atoms with van der Waals surface area (Å²) in [6, 6.07) is 0. The molecule has 17 heavy (non-hydrogen) atoms. The summed E-state index contributed by atoms with van der Waals surface area (Å²) in [5.74, 6) is -1.67. The van der Waals surface area contributed by atoms with Crippen molar-refractivity contribution in [1.29, 1.82) is 0 Å². The Morgan fingerprint density at radius 1 is 0.765 bits per heavy atom. The van der Waals surface area contributed by atoms with E-state index in [-0.39, 0.29) is 46.6 Å². The first-order chi connectivity index (χ1) is 7.29. The number of rotatable bonds is 2. The van der Waals surface area contributed by atoms with Crippen molar-refractivity contribution in [2.45, 2.75) is 13.8 Å². The van der Waals surface area contributed by atoms with Gasteiger partial charge in [0.05, 0.1) is 0 Å². The van der Waals surface area contributed by atoms with Crippen LogP contribution in [0.4, 0.5) is 0 Å². The molecular formula is C8H20N4O4Pd-4. The molecule has 6 N–H and O–H groups in total.